The molecule has 0 radical (unpaired) electrons. The van der Waals surface area contributed by atoms with Gasteiger partial charge in [0.25, 0.3) is 0 Å². The van der Waals surface area contributed by atoms with Crippen LogP contribution in [0.4, 0.5) is 4.39 Å². The van der Waals surface area contributed by atoms with Crippen molar-refractivity contribution in [3.05, 3.63) is 87.1 Å². The van der Waals surface area contributed by atoms with Crippen LogP contribution in [-0.4, -0.2) is 10.8 Å². The highest BCUT2D eigenvalue weighted by molar-refractivity contribution is 7.09. The largest absolute Gasteiger partial charge is 0.289 e. The van der Waals surface area contributed by atoms with E-state index < -0.39 is 0 Å². The van der Waals surface area contributed by atoms with E-state index in [1.165, 1.54) is 12.1 Å². The number of halogens is 1. The summed E-state index contributed by atoms with van der Waals surface area (Å²) in [5.41, 5.74) is 6.34. The van der Waals surface area contributed by atoms with E-state index in [2.05, 4.69) is 4.98 Å². The third-order valence-corrected chi connectivity index (χ3v) is 4.79. The van der Waals surface area contributed by atoms with Gasteiger partial charge < -0.3 is 0 Å². The van der Waals surface area contributed by atoms with E-state index in [1.807, 2.05) is 31.2 Å². The van der Waals surface area contributed by atoms with E-state index in [4.69, 9.17) is 0 Å². The lowest BCUT2D eigenvalue weighted by Gasteiger charge is -2.07. The number of hydrogen-bond donors (Lipinski definition) is 0. The Hall–Kier alpha value is -2.59. The highest BCUT2D eigenvalue weighted by Crippen LogP contribution is 2.42. The number of carbonyl (C=O) groups is 1. The van der Waals surface area contributed by atoms with Crippen LogP contribution in [-0.2, 0) is 0 Å². The van der Waals surface area contributed by atoms with Crippen LogP contribution < -0.4 is 0 Å². The van der Waals surface area contributed by atoms with Crippen LogP contribution >= 0.6 is 11.3 Å². The summed E-state index contributed by atoms with van der Waals surface area (Å²) >= 11 is 1.55. The number of thiazole rings is 1. The Kier molecular flexibility index (Phi) is 3.20. The number of carbonyl (C=O) groups excluding carboxylic acids is 1. The molecule has 3 aromatic rings. The van der Waals surface area contributed by atoms with Crippen LogP contribution in [0.15, 0.2) is 54.0 Å². The zero-order chi connectivity index (χ0) is 16.0. The summed E-state index contributed by atoms with van der Waals surface area (Å²) in [7, 11) is 0. The molecule has 0 saturated carbocycles. The van der Waals surface area contributed by atoms with Crippen LogP contribution in [0.2, 0.25) is 0 Å². The topological polar surface area (TPSA) is 30.0 Å². The third kappa shape index (κ3) is 2.14. The van der Waals surface area contributed by atoms with Gasteiger partial charge in [-0.05, 0) is 30.2 Å². The molecule has 0 bridgehead atoms. The van der Waals surface area contributed by atoms with Crippen LogP contribution in [0.1, 0.15) is 32.1 Å². The molecular weight excluding hydrogens is 309 g/mol. The van der Waals surface area contributed by atoms with Crippen molar-refractivity contribution in [3.8, 4) is 0 Å². The molecule has 0 N–H and O–H groups in total. The molecule has 4 heteroatoms. The van der Waals surface area contributed by atoms with Crippen LogP contribution in [0.25, 0.3) is 11.1 Å². The maximum Gasteiger partial charge on any atom is 0.194 e. The van der Waals surface area contributed by atoms with Gasteiger partial charge in [0, 0.05) is 21.6 Å². The molecule has 0 fully saturated rings. The first-order valence-electron chi connectivity index (χ1n) is 7.21. The Morgan fingerprint density at radius 2 is 1.65 bits per heavy atom. The molecule has 2 nitrogen and oxygen atoms in total. The van der Waals surface area contributed by atoms with Gasteiger partial charge in [-0.1, -0.05) is 36.4 Å². The van der Waals surface area contributed by atoms with Gasteiger partial charge in [0.05, 0.1) is 11.2 Å². The van der Waals surface area contributed by atoms with Crippen molar-refractivity contribution in [2.24, 2.45) is 0 Å². The Morgan fingerprint density at radius 1 is 0.957 bits per heavy atom. The fourth-order valence-electron chi connectivity index (χ4n) is 2.97. The SMILES string of the molecule is Cc1scnc1C1=C(c2ccc(F)cc2)C(=O)c2ccccc21. The Bertz CT molecular complexity index is 954. The molecule has 0 unspecified atom stereocenters. The Balaban J connectivity index is 2.04. The Morgan fingerprint density at radius 3 is 2.30 bits per heavy atom. The summed E-state index contributed by atoms with van der Waals surface area (Å²) in [4.78, 5) is 18.4. The molecule has 1 aromatic heterocycles. The quantitative estimate of drug-likeness (QED) is 0.682. The standard InChI is InChI=1S/C19H12FNOS/c1-11-18(21-10-23-11)17-14-4-2-3-5-15(14)19(22)16(17)12-6-8-13(20)9-7-12/h2-10H,1H3. The van der Waals surface area contributed by atoms with E-state index in [1.54, 1.807) is 29.0 Å². The molecule has 0 spiro atoms. The fraction of sp³-hybridized carbons (Fsp3) is 0.0526. The fourth-order valence-corrected chi connectivity index (χ4v) is 3.55. The maximum absolute atomic E-state index is 13.3. The number of hydrogen-bond acceptors (Lipinski definition) is 3. The molecular formula is C19H12FNOS. The highest BCUT2D eigenvalue weighted by atomic mass is 32.1. The molecule has 1 heterocycles. The second-order valence-corrected chi connectivity index (χ2v) is 6.45. The molecule has 1 aliphatic rings. The molecule has 4 rings (SSSR count). The zero-order valence-corrected chi connectivity index (χ0v) is 13.2. The van der Waals surface area contributed by atoms with Gasteiger partial charge in [-0.3, -0.25) is 4.79 Å². The van der Waals surface area contributed by atoms with E-state index in [0.717, 1.165) is 27.3 Å². The highest BCUT2D eigenvalue weighted by Gasteiger charge is 2.32. The average molecular weight is 321 g/mol. The second kappa shape index (κ2) is 5.25. The molecule has 0 aliphatic heterocycles. The minimum atomic E-state index is -0.316. The lowest BCUT2D eigenvalue weighted by Crippen LogP contribution is -1.98. The van der Waals surface area contributed by atoms with E-state index in [0.29, 0.717) is 11.1 Å². The van der Waals surface area contributed by atoms with Crippen LogP contribution in [0.5, 0.6) is 0 Å². The predicted octanol–water partition coefficient (Wildman–Crippen LogP) is 4.75. The van der Waals surface area contributed by atoms with Gasteiger partial charge in [0.2, 0.25) is 0 Å². The number of fused-ring (bicyclic) bond motifs is 1. The minimum absolute atomic E-state index is 0.0328. The number of Topliss-reactive ketones (excluding diaryl/α,β-unsaturated/α-hetero) is 1. The third-order valence-electron chi connectivity index (χ3n) is 4.03. The second-order valence-electron chi connectivity index (χ2n) is 5.39. The van der Waals surface area contributed by atoms with E-state index in [-0.39, 0.29) is 11.6 Å². The van der Waals surface area contributed by atoms with Crippen molar-refractivity contribution in [2.75, 3.05) is 0 Å². The first-order valence-corrected chi connectivity index (χ1v) is 8.09. The number of allylic oxidation sites excluding steroid dienone is 1. The molecule has 1 aliphatic carbocycles. The summed E-state index contributed by atoms with van der Waals surface area (Å²) in [6.45, 7) is 1.99. The summed E-state index contributed by atoms with van der Waals surface area (Å²) in [6, 6.07) is 13.6. The molecule has 2 aromatic carbocycles. The first-order chi connectivity index (χ1) is 11.2. The number of nitrogens with zero attached hydrogens (tertiary/aromatic N) is 1. The first kappa shape index (κ1) is 14.0. The number of benzene rings is 2. The van der Waals surface area contributed by atoms with Crippen molar-refractivity contribution in [1.82, 2.24) is 4.98 Å². The van der Waals surface area contributed by atoms with Crippen molar-refractivity contribution >= 4 is 28.3 Å². The van der Waals surface area contributed by atoms with Gasteiger partial charge in [0.1, 0.15) is 5.82 Å². The average Bonchev–Trinajstić information content (AvgIpc) is 3.10. The lowest BCUT2D eigenvalue weighted by atomic mass is 9.97. The predicted molar refractivity (Wildman–Crippen MR) is 89.9 cm³/mol. The zero-order valence-electron chi connectivity index (χ0n) is 12.3. The minimum Gasteiger partial charge on any atom is -0.289 e. The van der Waals surface area contributed by atoms with Gasteiger partial charge in [-0.25, -0.2) is 9.37 Å². The molecule has 0 amide bonds. The van der Waals surface area contributed by atoms with Crippen molar-refractivity contribution in [3.63, 3.8) is 0 Å². The van der Waals surface area contributed by atoms with Crippen molar-refractivity contribution in [2.45, 2.75) is 6.92 Å². The Labute approximate surface area is 136 Å². The smallest absolute Gasteiger partial charge is 0.194 e. The number of ketones is 1. The van der Waals surface area contributed by atoms with E-state index in [9.17, 15) is 9.18 Å². The summed E-state index contributed by atoms with van der Waals surface area (Å²) in [5, 5.41) is 0. The number of aromatic nitrogens is 1. The molecule has 23 heavy (non-hydrogen) atoms. The molecule has 112 valence electrons. The molecule has 0 atom stereocenters. The summed E-state index contributed by atoms with van der Waals surface area (Å²) in [5.74, 6) is -0.349. The van der Waals surface area contributed by atoms with E-state index >= 15 is 0 Å². The normalized spacial score (nSPS) is 13.6. The van der Waals surface area contributed by atoms with Crippen molar-refractivity contribution < 1.29 is 9.18 Å². The van der Waals surface area contributed by atoms with Gasteiger partial charge in [0.15, 0.2) is 5.78 Å². The van der Waals surface area contributed by atoms with Gasteiger partial charge in [-0.15, -0.1) is 11.3 Å². The summed E-state index contributed by atoms with van der Waals surface area (Å²) < 4.78 is 13.3. The van der Waals surface area contributed by atoms with Crippen molar-refractivity contribution in [1.29, 1.82) is 0 Å². The van der Waals surface area contributed by atoms with Gasteiger partial charge >= 0.3 is 0 Å². The monoisotopic (exact) mass is 321 g/mol. The number of rotatable bonds is 2. The summed E-state index contributed by atoms with van der Waals surface area (Å²) in [6.07, 6.45) is 0. The maximum atomic E-state index is 13.3. The molecule has 0 saturated heterocycles. The van der Waals surface area contributed by atoms with Gasteiger partial charge in [-0.2, -0.15) is 0 Å². The lowest BCUT2D eigenvalue weighted by molar-refractivity contribution is 0.105. The van der Waals surface area contributed by atoms with Crippen LogP contribution in [0, 0.1) is 12.7 Å². The van der Waals surface area contributed by atoms with Crippen LogP contribution in [0.3, 0.4) is 0 Å². The number of aryl methyl sites for hydroxylation is 1.